The van der Waals surface area contributed by atoms with Crippen molar-refractivity contribution in [1.82, 2.24) is 5.32 Å². The number of hydrogen-bond donors (Lipinski definition) is 2. The Morgan fingerprint density at radius 2 is 1.77 bits per heavy atom. The summed E-state index contributed by atoms with van der Waals surface area (Å²) in [6.07, 6.45) is 9.54. The van der Waals surface area contributed by atoms with Gasteiger partial charge in [0.1, 0.15) is 5.75 Å². The predicted molar refractivity (Wildman–Crippen MR) is 98.7 cm³/mol. The summed E-state index contributed by atoms with van der Waals surface area (Å²) in [6, 6.07) is 6.89. The molecule has 140 valence electrons. The maximum atomic E-state index is 12.5. The molecular weight excluding hydrogens is 328 g/mol. The van der Waals surface area contributed by atoms with Gasteiger partial charge in [0.2, 0.25) is 0 Å². The van der Waals surface area contributed by atoms with Crippen molar-refractivity contribution in [3.05, 3.63) is 29.8 Å². The Morgan fingerprint density at radius 1 is 1.12 bits per heavy atom. The number of nitrogens with two attached hydrogens (primary N) is 1. The van der Waals surface area contributed by atoms with Crippen molar-refractivity contribution in [2.45, 2.75) is 44.9 Å². The quantitative estimate of drug-likeness (QED) is 0.788. The molecule has 4 aliphatic rings. The molecule has 2 amide bonds. The van der Waals surface area contributed by atoms with E-state index in [1.807, 2.05) is 0 Å². The predicted octanol–water partition coefficient (Wildman–Crippen LogP) is 2.89. The largest absolute Gasteiger partial charge is 0.484 e. The first-order valence-corrected chi connectivity index (χ1v) is 9.81. The van der Waals surface area contributed by atoms with Crippen LogP contribution in [0.15, 0.2) is 24.3 Å². The molecule has 0 aromatic heterocycles. The third kappa shape index (κ3) is 3.71. The first-order valence-electron chi connectivity index (χ1n) is 9.81. The van der Waals surface area contributed by atoms with Crippen molar-refractivity contribution in [3.8, 4) is 5.75 Å². The summed E-state index contributed by atoms with van der Waals surface area (Å²) in [5, 5.41) is 3.08. The number of rotatable bonds is 7. The molecule has 0 heterocycles. The summed E-state index contributed by atoms with van der Waals surface area (Å²) in [6.45, 7) is 0.550. The Kier molecular flexibility index (Phi) is 4.63. The lowest BCUT2D eigenvalue weighted by Crippen LogP contribution is -2.47. The molecule has 26 heavy (non-hydrogen) atoms. The molecule has 4 aliphatic carbocycles. The second-order valence-corrected chi connectivity index (χ2v) is 8.71. The Hall–Kier alpha value is -2.04. The fourth-order valence-corrected chi connectivity index (χ4v) is 6.02. The molecule has 5 nitrogen and oxygen atoms in total. The number of benzene rings is 1. The lowest BCUT2D eigenvalue weighted by molar-refractivity contribution is -0.119. The van der Waals surface area contributed by atoms with Gasteiger partial charge in [0.15, 0.2) is 6.61 Å². The van der Waals surface area contributed by atoms with Gasteiger partial charge in [0.05, 0.1) is 0 Å². The van der Waals surface area contributed by atoms with Crippen LogP contribution in [0.5, 0.6) is 5.75 Å². The zero-order chi connectivity index (χ0) is 18.1. The second kappa shape index (κ2) is 6.93. The Labute approximate surface area is 154 Å². The normalized spacial score (nSPS) is 31.6. The van der Waals surface area contributed by atoms with E-state index in [2.05, 4.69) is 5.32 Å². The summed E-state index contributed by atoms with van der Waals surface area (Å²) < 4.78 is 5.27. The van der Waals surface area contributed by atoms with Gasteiger partial charge in [0, 0.05) is 12.1 Å². The van der Waals surface area contributed by atoms with E-state index in [1.54, 1.807) is 24.3 Å². The fraction of sp³-hybridized carbons (Fsp3) is 0.619. The minimum absolute atomic E-state index is 0.0840. The standard InChI is InChI=1S/C21H28N2O3/c22-19(24)13-26-18-3-1-2-17(9-18)20(25)23-5-4-21-10-14-6-15(11-21)8-16(7-14)12-21/h1-3,9,14-16H,4-8,10-13H2,(H2,22,24)(H,23,25). The Balaban J connectivity index is 1.30. The summed E-state index contributed by atoms with van der Waals surface area (Å²) in [4.78, 5) is 23.3. The Morgan fingerprint density at radius 3 is 2.38 bits per heavy atom. The number of hydrogen-bond acceptors (Lipinski definition) is 3. The molecule has 0 saturated heterocycles. The molecule has 1 aromatic rings. The molecule has 4 bridgehead atoms. The van der Waals surface area contributed by atoms with Crippen molar-refractivity contribution >= 4 is 11.8 Å². The van der Waals surface area contributed by atoms with Crippen molar-refractivity contribution in [2.24, 2.45) is 28.9 Å². The highest BCUT2D eigenvalue weighted by molar-refractivity contribution is 5.94. The highest BCUT2D eigenvalue weighted by Crippen LogP contribution is 2.61. The zero-order valence-corrected chi connectivity index (χ0v) is 15.2. The Bertz CT molecular complexity index is 665. The lowest BCUT2D eigenvalue weighted by Gasteiger charge is -2.57. The molecule has 0 unspecified atom stereocenters. The number of nitrogens with one attached hydrogen (secondary N) is 1. The summed E-state index contributed by atoms with van der Waals surface area (Å²) in [5.74, 6) is 2.69. The van der Waals surface area contributed by atoms with E-state index in [-0.39, 0.29) is 12.5 Å². The topological polar surface area (TPSA) is 81.4 Å². The van der Waals surface area contributed by atoms with Crippen LogP contribution >= 0.6 is 0 Å². The van der Waals surface area contributed by atoms with E-state index in [1.165, 1.54) is 38.5 Å². The molecule has 4 fully saturated rings. The molecule has 5 rings (SSSR count). The van der Waals surface area contributed by atoms with Crippen LogP contribution in [0, 0.1) is 23.2 Å². The van der Waals surface area contributed by atoms with Crippen LogP contribution in [0.3, 0.4) is 0 Å². The number of carbonyl (C=O) groups is 2. The summed E-state index contributed by atoms with van der Waals surface area (Å²) in [5.41, 5.74) is 6.12. The minimum atomic E-state index is -0.532. The summed E-state index contributed by atoms with van der Waals surface area (Å²) >= 11 is 0. The molecule has 0 spiro atoms. The van der Waals surface area contributed by atoms with Crippen molar-refractivity contribution in [3.63, 3.8) is 0 Å². The van der Waals surface area contributed by atoms with E-state index in [0.717, 1.165) is 30.7 Å². The van der Waals surface area contributed by atoms with Crippen molar-refractivity contribution < 1.29 is 14.3 Å². The van der Waals surface area contributed by atoms with Gasteiger partial charge in [-0.3, -0.25) is 9.59 Å². The molecule has 5 heteroatoms. The molecule has 4 saturated carbocycles. The number of carbonyl (C=O) groups excluding carboxylic acids is 2. The van der Waals surface area contributed by atoms with Crippen molar-refractivity contribution in [1.29, 1.82) is 0 Å². The molecule has 0 atom stereocenters. The highest BCUT2D eigenvalue weighted by Gasteiger charge is 2.50. The smallest absolute Gasteiger partial charge is 0.255 e. The van der Waals surface area contributed by atoms with Gasteiger partial charge in [0.25, 0.3) is 11.8 Å². The average Bonchev–Trinajstić information content (AvgIpc) is 2.59. The van der Waals surface area contributed by atoms with Gasteiger partial charge in [-0.2, -0.15) is 0 Å². The van der Waals surface area contributed by atoms with E-state index in [9.17, 15) is 9.59 Å². The molecule has 0 radical (unpaired) electrons. The maximum absolute atomic E-state index is 12.5. The van der Waals surface area contributed by atoms with E-state index >= 15 is 0 Å². The van der Waals surface area contributed by atoms with Crippen LogP contribution in [0.25, 0.3) is 0 Å². The fourth-order valence-electron chi connectivity index (χ4n) is 6.02. The van der Waals surface area contributed by atoms with Gasteiger partial charge < -0.3 is 15.8 Å². The SMILES string of the molecule is NC(=O)COc1cccc(C(=O)NCCC23CC4CC(CC(C4)C2)C3)c1. The molecule has 0 aliphatic heterocycles. The van der Waals surface area contributed by atoms with Gasteiger partial charge in [-0.1, -0.05) is 6.07 Å². The van der Waals surface area contributed by atoms with Crippen LogP contribution < -0.4 is 15.8 Å². The van der Waals surface area contributed by atoms with Crippen LogP contribution in [0.1, 0.15) is 55.3 Å². The van der Waals surface area contributed by atoms with E-state index in [4.69, 9.17) is 10.5 Å². The minimum Gasteiger partial charge on any atom is -0.484 e. The van der Waals surface area contributed by atoms with Crippen LogP contribution in [-0.2, 0) is 4.79 Å². The van der Waals surface area contributed by atoms with Gasteiger partial charge >= 0.3 is 0 Å². The number of primary amides is 1. The summed E-state index contributed by atoms with van der Waals surface area (Å²) in [7, 11) is 0. The van der Waals surface area contributed by atoms with Crippen molar-refractivity contribution in [2.75, 3.05) is 13.2 Å². The van der Waals surface area contributed by atoms with Gasteiger partial charge in [-0.05, 0) is 86.3 Å². The lowest BCUT2D eigenvalue weighted by atomic mass is 9.49. The third-order valence-electron chi connectivity index (χ3n) is 6.58. The number of ether oxygens (including phenoxy) is 1. The highest BCUT2D eigenvalue weighted by atomic mass is 16.5. The van der Waals surface area contributed by atoms with E-state index < -0.39 is 5.91 Å². The van der Waals surface area contributed by atoms with Crippen LogP contribution in [-0.4, -0.2) is 25.0 Å². The van der Waals surface area contributed by atoms with Gasteiger partial charge in [-0.15, -0.1) is 0 Å². The second-order valence-electron chi connectivity index (χ2n) is 8.71. The van der Waals surface area contributed by atoms with E-state index in [0.29, 0.717) is 16.7 Å². The average molecular weight is 356 g/mol. The molecule has 1 aromatic carbocycles. The first kappa shape index (κ1) is 17.4. The molecule has 3 N–H and O–H groups in total. The zero-order valence-electron chi connectivity index (χ0n) is 15.2. The van der Waals surface area contributed by atoms with Crippen LogP contribution in [0.2, 0.25) is 0 Å². The first-order chi connectivity index (χ1) is 12.5. The van der Waals surface area contributed by atoms with Gasteiger partial charge in [-0.25, -0.2) is 0 Å². The maximum Gasteiger partial charge on any atom is 0.255 e. The van der Waals surface area contributed by atoms with Crippen LogP contribution in [0.4, 0.5) is 0 Å². The number of amides is 2. The molecular formula is C21H28N2O3. The third-order valence-corrected chi connectivity index (χ3v) is 6.58. The monoisotopic (exact) mass is 356 g/mol.